The average molecular weight is 526 g/mol. The van der Waals surface area contributed by atoms with Crippen LogP contribution in [0.25, 0.3) is 22.3 Å². The van der Waals surface area contributed by atoms with Crippen molar-refractivity contribution in [2.75, 3.05) is 13.2 Å². The van der Waals surface area contributed by atoms with E-state index in [1.165, 1.54) is 42.7 Å². The second kappa shape index (κ2) is 9.02. The van der Waals surface area contributed by atoms with Gasteiger partial charge in [-0.3, -0.25) is 14.8 Å². The molecule has 0 unspecified atom stereocenters. The van der Waals surface area contributed by atoms with Crippen LogP contribution in [0.4, 0.5) is 17.6 Å². The predicted octanol–water partition coefficient (Wildman–Crippen LogP) is 4.68. The number of nitrogens with one attached hydrogen (secondary N) is 1. The zero-order valence-electron chi connectivity index (χ0n) is 20.3. The first-order valence-corrected chi connectivity index (χ1v) is 11.6. The lowest BCUT2D eigenvalue weighted by atomic mass is 9.84. The quantitative estimate of drug-likeness (QED) is 0.367. The molecule has 3 heterocycles. The Morgan fingerprint density at radius 2 is 1.74 bits per heavy atom. The average Bonchev–Trinajstić information content (AvgIpc) is 3.20. The van der Waals surface area contributed by atoms with Gasteiger partial charge in [0.1, 0.15) is 17.3 Å². The van der Waals surface area contributed by atoms with E-state index >= 15 is 0 Å². The highest BCUT2D eigenvalue weighted by atomic mass is 19.4. The molecular weight excluding hydrogens is 504 g/mol. The molecule has 0 radical (unpaired) electrons. The fraction of sp³-hybridized carbons (Fsp3) is 0.259. The Bertz CT molecular complexity index is 1540. The van der Waals surface area contributed by atoms with Crippen LogP contribution in [-0.2, 0) is 11.0 Å². The molecule has 5 rings (SSSR count). The summed E-state index contributed by atoms with van der Waals surface area (Å²) in [6.07, 6.45) is -2.31. The van der Waals surface area contributed by atoms with Gasteiger partial charge >= 0.3 is 6.18 Å². The SMILES string of the molecule is CC1(C)COc2c1cc([C@@](O)(CNC(=O)c1ccc3nccnc3c1)C(F)(F)F)nc2-c1ccc(F)cc1. The fourth-order valence-corrected chi connectivity index (χ4v) is 4.28. The largest absolute Gasteiger partial charge is 0.490 e. The molecule has 2 aromatic carbocycles. The summed E-state index contributed by atoms with van der Waals surface area (Å²) in [5.74, 6) is -1.11. The van der Waals surface area contributed by atoms with Gasteiger partial charge in [0.05, 0.1) is 29.9 Å². The third-order valence-corrected chi connectivity index (χ3v) is 6.53. The molecule has 0 spiro atoms. The molecule has 2 N–H and O–H groups in total. The van der Waals surface area contributed by atoms with E-state index < -0.39 is 41.2 Å². The van der Waals surface area contributed by atoms with Crippen LogP contribution < -0.4 is 10.1 Å². The molecule has 0 saturated carbocycles. The second-order valence-corrected chi connectivity index (χ2v) is 9.71. The minimum atomic E-state index is -5.21. The highest BCUT2D eigenvalue weighted by Crippen LogP contribution is 2.47. The number of ether oxygens (including phenoxy) is 1. The number of benzene rings is 2. The number of aliphatic hydroxyl groups is 1. The number of carbonyl (C=O) groups excluding carboxylic acids is 1. The number of rotatable bonds is 5. The van der Waals surface area contributed by atoms with Crippen LogP contribution >= 0.6 is 0 Å². The summed E-state index contributed by atoms with van der Waals surface area (Å²) in [6.45, 7) is 2.54. The summed E-state index contributed by atoms with van der Waals surface area (Å²) in [4.78, 5) is 25.1. The van der Waals surface area contributed by atoms with Crippen molar-refractivity contribution in [2.24, 2.45) is 0 Å². The lowest BCUT2D eigenvalue weighted by Gasteiger charge is -2.31. The second-order valence-electron chi connectivity index (χ2n) is 9.71. The molecule has 4 aromatic rings. The van der Waals surface area contributed by atoms with Gasteiger partial charge < -0.3 is 15.2 Å². The Morgan fingerprint density at radius 3 is 2.42 bits per heavy atom. The molecular formula is C27H22F4N4O3. The van der Waals surface area contributed by atoms with Gasteiger partial charge in [0.2, 0.25) is 5.60 Å². The van der Waals surface area contributed by atoms with E-state index in [9.17, 15) is 27.5 Å². The fourth-order valence-electron chi connectivity index (χ4n) is 4.28. The summed E-state index contributed by atoms with van der Waals surface area (Å²) in [5, 5.41) is 13.3. The lowest BCUT2D eigenvalue weighted by Crippen LogP contribution is -2.51. The first-order valence-electron chi connectivity index (χ1n) is 11.6. The number of carbonyl (C=O) groups is 1. The van der Waals surface area contributed by atoms with Crippen molar-refractivity contribution >= 4 is 16.9 Å². The zero-order chi connectivity index (χ0) is 27.3. The summed E-state index contributed by atoms with van der Waals surface area (Å²) >= 11 is 0. The van der Waals surface area contributed by atoms with Crippen LogP contribution in [0, 0.1) is 5.82 Å². The van der Waals surface area contributed by atoms with Crippen LogP contribution in [-0.4, -0.2) is 45.3 Å². The summed E-state index contributed by atoms with van der Waals surface area (Å²) in [5.41, 5.74) is -3.25. The number of alkyl halides is 3. The van der Waals surface area contributed by atoms with E-state index in [0.717, 1.165) is 18.2 Å². The maximum Gasteiger partial charge on any atom is 0.424 e. The molecule has 0 bridgehead atoms. The lowest BCUT2D eigenvalue weighted by molar-refractivity contribution is -0.265. The standard InChI is InChI=1S/C27H22F4N4O3/c1-25(2)14-38-23-18(25)12-21(35-22(23)15-3-6-17(28)7-4-15)26(37,27(29,30)31)13-34-24(36)16-5-8-19-20(11-16)33-10-9-32-19/h3-12,37H,13-14H2,1-2H3,(H,34,36)/t26-/m0/s1. The van der Waals surface area contributed by atoms with Crippen LogP contribution in [0.2, 0.25) is 0 Å². The van der Waals surface area contributed by atoms with Crippen molar-refractivity contribution in [3.05, 3.63) is 83.6 Å². The topological polar surface area (TPSA) is 97.2 Å². The smallest absolute Gasteiger partial charge is 0.424 e. The van der Waals surface area contributed by atoms with Crippen LogP contribution in [0.1, 0.15) is 35.5 Å². The summed E-state index contributed by atoms with van der Waals surface area (Å²) < 4.78 is 62.6. The Labute approximate surface area is 214 Å². The van der Waals surface area contributed by atoms with Crippen LogP contribution in [0.5, 0.6) is 5.75 Å². The minimum Gasteiger partial charge on any atom is -0.490 e. The molecule has 1 aliphatic heterocycles. The van der Waals surface area contributed by atoms with Gasteiger partial charge in [0, 0.05) is 34.5 Å². The third-order valence-electron chi connectivity index (χ3n) is 6.53. The molecule has 1 amide bonds. The Kier molecular flexibility index (Phi) is 6.06. The zero-order valence-corrected chi connectivity index (χ0v) is 20.3. The van der Waals surface area contributed by atoms with E-state index in [0.29, 0.717) is 22.2 Å². The molecule has 2 aromatic heterocycles. The third kappa shape index (κ3) is 4.43. The maximum absolute atomic E-state index is 14.4. The molecule has 0 aliphatic carbocycles. The monoisotopic (exact) mass is 526 g/mol. The normalized spacial score (nSPS) is 16.0. The van der Waals surface area contributed by atoms with E-state index in [4.69, 9.17) is 4.74 Å². The highest BCUT2D eigenvalue weighted by molar-refractivity contribution is 5.97. The molecule has 196 valence electrons. The molecule has 11 heteroatoms. The molecule has 0 saturated heterocycles. The number of hydrogen-bond donors (Lipinski definition) is 2. The Balaban J connectivity index is 1.55. The maximum atomic E-state index is 14.4. The van der Waals surface area contributed by atoms with E-state index in [1.807, 2.05) is 0 Å². The molecule has 1 atom stereocenters. The molecule has 38 heavy (non-hydrogen) atoms. The van der Waals surface area contributed by atoms with Gasteiger partial charge in [-0.25, -0.2) is 9.37 Å². The van der Waals surface area contributed by atoms with Crippen LogP contribution in [0.15, 0.2) is 60.9 Å². The van der Waals surface area contributed by atoms with Crippen LogP contribution in [0.3, 0.4) is 0 Å². The number of nitrogens with zero attached hydrogens (tertiary/aromatic N) is 3. The van der Waals surface area contributed by atoms with Gasteiger partial charge in [0.15, 0.2) is 0 Å². The Hall–Kier alpha value is -4.12. The number of hydrogen-bond acceptors (Lipinski definition) is 6. The molecule has 7 nitrogen and oxygen atoms in total. The van der Waals surface area contributed by atoms with Gasteiger partial charge in [-0.2, -0.15) is 13.2 Å². The van der Waals surface area contributed by atoms with Gasteiger partial charge in [-0.05, 0) is 48.5 Å². The summed E-state index contributed by atoms with van der Waals surface area (Å²) in [7, 11) is 0. The molecule has 1 aliphatic rings. The van der Waals surface area contributed by atoms with Crippen molar-refractivity contribution in [1.29, 1.82) is 0 Å². The van der Waals surface area contributed by atoms with Crippen molar-refractivity contribution in [2.45, 2.75) is 31.0 Å². The van der Waals surface area contributed by atoms with Crippen molar-refractivity contribution in [3.8, 4) is 17.0 Å². The van der Waals surface area contributed by atoms with Gasteiger partial charge in [-0.1, -0.05) is 13.8 Å². The number of aromatic nitrogens is 3. The van der Waals surface area contributed by atoms with Gasteiger partial charge in [0.25, 0.3) is 5.91 Å². The Morgan fingerprint density at radius 1 is 1.05 bits per heavy atom. The van der Waals surface area contributed by atoms with E-state index in [2.05, 4.69) is 20.3 Å². The van der Waals surface area contributed by atoms with Crippen molar-refractivity contribution in [1.82, 2.24) is 20.3 Å². The number of halogens is 4. The minimum absolute atomic E-state index is 0.0326. The van der Waals surface area contributed by atoms with E-state index in [-0.39, 0.29) is 23.6 Å². The van der Waals surface area contributed by atoms with Crippen molar-refractivity contribution < 1.29 is 32.2 Å². The van der Waals surface area contributed by atoms with E-state index in [1.54, 1.807) is 13.8 Å². The number of pyridine rings is 1. The first kappa shape index (κ1) is 25.5. The van der Waals surface area contributed by atoms with Gasteiger partial charge in [-0.15, -0.1) is 0 Å². The predicted molar refractivity (Wildman–Crippen MR) is 130 cm³/mol. The first-order chi connectivity index (χ1) is 17.9. The highest BCUT2D eigenvalue weighted by Gasteiger charge is 2.57. The number of amides is 1. The molecule has 0 fully saturated rings. The van der Waals surface area contributed by atoms with Crippen molar-refractivity contribution in [3.63, 3.8) is 0 Å². The summed E-state index contributed by atoms with van der Waals surface area (Å²) in [6, 6.07) is 10.5. The number of fused-ring (bicyclic) bond motifs is 2.